The molecule has 0 heterocycles. The number of carbonyl (C=O) groups excluding carboxylic acids is 1. The molecule has 0 rings (SSSR count). The van der Waals surface area contributed by atoms with Gasteiger partial charge in [0, 0.05) is 12.6 Å². The Labute approximate surface area is 87.9 Å². The van der Waals surface area contributed by atoms with Crippen molar-refractivity contribution >= 4 is 16.3 Å². The molecule has 0 radical (unpaired) electrons. The van der Waals surface area contributed by atoms with Crippen molar-refractivity contribution in [1.82, 2.24) is 4.72 Å². The standard InChI is InChI=1S/C7H13NO6S/c1-3-7(10)13-5-4-8-15(11,12)14-6(2)9/h3,6,8-9H,1,4-5H2,2H3. The van der Waals surface area contributed by atoms with Crippen LogP contribution in [0.5, 0.6) is 0 Å². The van der Waals surface area contributed by atoms with E-state index in [9.17, 15) is 13.2 Å². The summed E-state index contributed by atoms with van der Waals surface area (Å²) in [6.07, 6.45) is -0.473. The van der Waals surface area contributed by atoms with Gasteiger partial charge in [-0.1, -0.05) is 6.58 Å². The van der Waals surface area contributed by atoms with Gasteiger partial charge in [0.25, 0.3) is 0 Å². The van der Waals surface area contributed by atoms with E-state index in [0.29, 0.717) is 0 Å². The van der Waals surface area contributed by atoms with Crippen LogP contribution in [-0.4, -0.2) is 38.9 Å². The monoisotopic (exact) mass is 239 g/mol. The van der Waals surface area contributed by atoms with Gasteiger partial charge in [0.05, 0.1) is 0 Å². The van der Waals surface area contributed by atoms with Gasteiger partial charge < -0.3 is 9.84 Å². The number of carbonyl (C=O) groups is 1. The molecule has 1 unspecified atom stereocenters. The minimum Gasteiger partial charge on any atom is -0.461 e. The van der Waals surface area contributed by atoms with E-state index in [1.54, 1.807) is 0 Å². The minimum atomic E-state index is -4.00. The van der Waals surface area contributed by atoms with Crippen molar-refractivity contribution in [3.63, 3.8) is 0 Å². The summed E-state index contributed by atoms with van der Waals surface area (Å²) in [7, 11) is -4.00. The highest BCUT2D eigenvalue weighted by Crippen LogP contribution is 1.92. The van der Waals surface area contributed by atoms with E-state index in [1.807, 2.05) is 4.72 Å². The first-order chi connectivity index (χ1) is 6.87. The van der Waals surface area contributed by atoms with Crippen molar-refractivity contribution < 1.29 is 27.2 Å². The van der Waals surface area contributed by atoms with Crippen molar-refractivity contribution in [3.05, 3.63) is 12.7 Å². The number of ether oxygens (including phenoxy) is 1. The Morgan fingerprint density at radius 2 is 2.27 bits per heavy atom. The van der Waals surface area contributed by atoms with E-state index >= 15 is 0 Å². The van der Waals surface area contributed by atoms with Crippen LogP contribution in [-0.2, 0) is 24.0 Å². The molecule has 0 aromatic heterocycles. The third-order valence-electron chi connectivity index (χ3n) is 1.06. The largest absolute Gasteiger partial charge is 0.461 e. The molecule has 0 fully saturated rings. The first-order valence-corrected chi connectivity index (χ1v) is 5.43. The first kappa shape index (κ1) is 14.0. The topological polar surface area (TPSA) is 102 Å². The second-order valence-electron chi connectivity index (χ2n) is 2.42. The van der Waals surface area contributed by atoms with Crippen LogP contribution < -0.4 is 4.72 Å². The number of rotatable bonds is 7. The number of nitrogens with one attached hydrogen (secondary N) is 1. The zero-order chi connectivity index (χ0) is 11.9. The second kappa shape index (κ2) is 6.51. The van der Waals surface area contributed by atoms with Gasteiger partial charge in [-0.3, -0.25) is 0 Å². The summed E-state index contributed by atoms with van der Waals surface area (Å²) in [4.78, 5) is 10.5. The summed E-state index contributed by atoms with van der Waals surface area (Å²) >= 11 is 0. The molecule has 0 spiro atoms. The molecule has 2 N–H and O–H groups in total. The average Bonchev–Trinajstić information content (AvgIpc) is 2.10. The predicted octanol–water partition coefficient (Wildman–Crippen LogP) is -1.10. The Morgan fingerprint density at radius 3 is 2.73 bits per heavy atom. The van der Waals surface area contributed by atoms with E-state index in [-0.39, 0.29) is 13.2 Å². The van der Waals surface area contributed by atoms with Crippen LogP contribution in [0.4, 0.5) is 0 Å². The molecule has 0 aromatic carbocycles. The number of esters is 1. The molecule has 8 heteroatoms. The van der Waals surface area contributed by atoms with E-state index in [1.165, 1.54) is 0 Å². The minimum absolute atomic E-state index is 0.144. The van der Waals surface area contributed by atoms with Crippen LogP contribution >= 0.6 is 0 Å². The van der Waals surface area contributed by atoms with E-state index in [0.717, 1.165) is 13.0 Å². The molecule has 0 aliphatic heterocycles. The molecule has 7 nitrogen and oxygen atoms in total. The number of aliphatic hydroxyl groups is 1. The van der Waals surface area contributed by atoms with Crippen LogP contribution in [0.2, 0.25) is 0 Å². The highest BCUT2D eigenvalue weighted by Gasteiger charge is 2.12. The fourth-order valence-electron chi connectivity index (χ4n) is 0.595. The Hall–Kier alpha value is -0.960. The van der Waals surface area contributed by atoms with Crippen molar-refractivity contribution in [3.8, 4) is 0 Å². The summed E-state index contributed by atoms with van der Waals surface area (Å²) in [5, 5.41) is 8.63. The smallest absolute Gasteiger partial charge is 0.338 e. The Balaban J connectivity index is 3.76. The third kappa shape index (κ3) is 8.06. The summed E-state index contributed by atoms with van der Waals surface area (Å²) < 4.78 is 32.4. The number of hydrogen-bond acceptors (Lipinski definition) is 6. The maximum atomic E-state index is 10.9. The molecule has 0 aromatic rings. The highest BCUT2D eigenvalue weighted by molar-refractivity contribution is 7.84. The molecule has 88 valence electrons. The van der Waals surface area contributed by atoms with Crippen molar-refractivity contribution in [1.29, 1.82) is 0 Å². The van der Waals surface area contributed by atoms with Gasteiger partial charge in [0.2, 0.25) is 0 Å². The Morgan fingerprint density at radius 1 is 1.67 bits per heavy atom. The molecule has 15 heavy (non-hydrogen) atoms. The number of hydrogen-bond donors (Lipinski definition) is 2. The molecule has 0 saturated heterocycles. The van der Waals surface area contributed by atoms with Gasteiger partial charge in [-0.2, -0.15) is 13.1 Å². The van der Waals surface area contributed by atoms with Crippen LogP contribution in [0.25, 0.3) is 0 Å². The van der Waals surface area contributed by atoms with E-state index in [4.69, 9.17) is 5.11 Å². The fraction of sp³-hybridized carbons (Fsp3) is 0.571. The molecule has 0 bridgehead atoms. The maximum Gasteiger partial charge on any atom is 0.338 e. The van der Waals surface area contributed by atoms with Crippen molar-refractivity contribution in [2.45, 2.75) is 13.2 Å². The molecule has 0 amide bonds. The fourth-order valence-corrected chi connectivity index (χ4v) is 1.36. The van der Waals surface area contributed by atoms with Gasteiger partial charge in [-0.15, -0.1) is 0 Å². The zero-order valence-electron chi connectivity index (χ0n) is 8.17. The lowest BCUT2D eigenvalue weighted by molar-refractivity contribution is -0.137. The molecule has 1 atom stereocenters. The molecule has 0 saturated carbocycles. The van der Waals surface area contributed by atoms with Crippen LogP contribution in [0.1, 0.15) is 6.92 Å². The van der Waals surface area contributed by atoms with Crippen LogP contribution in [0, 0.1) is 0 Å². The third-order valence-corrected chi connectivity index (χ3v) is 2.15. The van der Waals surface area contributed by atoms with Crippen molar-refractivity contribution in [2.24, 2.45) is 0 Å². The lowest BCUT2D eigenvalue weighted by atomic mass is 10.6. The molecular formula is C7H13NO6S. The molecule has 0 aliphatic rings. The lowest BCUT2D eigenvalue weighted by Gasteiger charge is -2.08. The van der Waals surface area contributed by atoms with E-state index < -0.39 is 22.6 Å². The maximum absolute atomic E-state index is 10.9. The number of aliphatic hydroxyl groups excluding tert-OH is 1. The zero-order valence-corrected chi connectivity index (χ0v) is 8.99. The van der Waals surface area contributed by atoms with Crippen LogP contribution in [0.3, 0.4) is 0 Å². The summed E-state index contributed by atoms with van der Waals surface area (Å²) in [6, 6.07) is 0. The summed E-state index contributed by atoms with van der Waals surface area (Å²) in [6.45, 7) is 4.02. The van der Waals surface area contributed by atoms with Crippen molar-refractivity contribution in [2.75, 3.05) is 13.2 Å². The van der Waals surface area contributed by atoms with Gasteiger partial charge >= 0.3 is 16.3 Å². The second-order valence-corrected chi connectivity index (χ2v) is 3.80. The van der Waals surface area contributed by atoms with Gasteiger partial charge in [0.15, 0.2) is 6.29 Å². The summed E-state index contributed by atoms with van der Waals surface area (Å²) in [5.41, 5.74) is 0. The van der Waals surface area contributed by atoms with E-state index in [2.05, 4.69) is 15.5 Å². The van der Waals surface area contributed by atoms with Gasteiger partial charge in [-0.25, -0.2) is 8.98 Å². The predicted molar refractivity (Wildman–Crippen MR) is 50.8 cm³/mol. The average molecular weight is 239 g/mol. The molecular weight excluding hydrogens is 226 g/mol. The van der Waals surface area contributed by atoms with Gasteiger partial charge in [0.1, 0.15) is 6.61 Å². The van der Waals surface area contributed by atoms with Crippen LogP contribution in [0.15, 0.2) is 12.7 Å². The Bertz CT molecular complexity index is 309. The first-order valence-electron chi connectivity index (χ1n) is 4.02. The SMILES string of the molecule is C=CC(=O)OCCNS(=O)(=O)OC(C)O. The quantitative estimate of drug-likeness (QED) is 0.253. The summed E-state index contributed by atoms with van der Waals surface area (Å²) in [5.74, 6) is -0.648. The van der Waals surface area contributed by atoms with Gasteiger partial charge in [-0.05, 0) is 6.92 Å². The highest BCUT2D eigenvalue weighted by atomic mass is 32.2. The Kier molecular flexibility index (Phi) is 6.09. The molecule has 0 aliphatic carbocycles. The lowest BCUT2D eigenvalue weighted by Crippen LogP contribution is -2.31. The normalized spacial score (nSPS) is 13.2.